The predicted molar refractivity (Wildman–Crippen MR) is 110 cm³/mol. The van der Waals surface area contributed by atoms with Crippen LogP contribution in [0, 0.1) is 0 Å². The summed E-state index contributed by atoms with van der Waals surface area (Å²) in [7, 11) is 0.802. The Balaban J connectivity index is 1.96. The molecule has 0 amide bonds. The lowest BCUT2D eigenvalue weighted by atomic mass is 9.85. The van der Waals surface area contributed by atoms with Crippen molar-refractivity contribution < 1.29 is 13.2 Å². The van der Waals surface area contributed by atoms with Gasteiger partial charge in [-0.3, -0.25) is 4.98 Å². The fraction of sp³-hybridized carbons (Fsp3) is 0.200. The number of aromatic nitrogens is 2. The van der Waals surface area contributed by atoms with Crippen LogP contribution in [0.3, 0.4) is 0 Å². The first-order valence-corrected chi connectivity index (χ1v) is 10.3. The van der Waals surface area contributed by atoms with Gasteiger partial charge < -0.3 is 4.74 Å². The van der Waals surface area contributed by atoms with Crippen molar-refractivity contribution in [1.29, 1.82) is 0 Å². The summed E-state index contributed by atoms with van der Waals surface area (Å²) < 4.78 is 33.1. The molecule has 1 aliphatic heterocycles. The van der Waals surface area contributed by atoms with Gasteiger partial charge in [-0.05, 0) is 29.7 Å². The van der Waals surface area contributed by atoms with Crippen LogP contribution < -0.4 is 10.2 Å². The van der Waals surface area contributed by atoms with Gasteiger partial charge in [0.25, 0.3) is 0 Å². The molecule has 4 rings (SSSR count). The Bertz CT molecular complexity index is 1180. The molecule has 3 heterocycles. The van der Waals surface area contributed by atoms with Crippen LogP contribution in [0.15, 0.2) is 67.1 Å². The Hall–Kier alpha value is -3.01. The number of methoxy groups -OCH3 is 1. The van der Waals surface area contributed by atoms with Crippen LogP contribution in [0.5, 0.6) is 5.88 Å². The first-order valence-electron chi connectivity index (χ1n) is 8.93. The number of rotatable bonds is 5. The quantitative estimate of drug-likeness (QED) is 0.691. The van der Waals surface area contributed by atoms with Gasteiger partial charge in [0, 0.05) is 43.6 Å². The molecule has 9 heteroatoms. The number of hydrogen-bond acceptors (Lipinski definition) is 6. The van der Waals surface area contributed by atoms with E-state index in [1.54, 1.807) is 25.6 Å². The van der Waals surface area contributed by atoms with Gasteiger partial charge in [-0.25, -0.2) is 4.98 Å². The zero-order chi connectivity index (χ0) is 20.6. The van der Waals surface area contributed by atoms with E-state index in [-0.39, 0.29) is 0 Å². The minimum absolute atomic E-state index is 0.500. The molecule has 1 aromatic carbocycles. The number of ether oxygens (including phenoxy) is 1. The second kappa shape index (κ2) is 7.11. The molecule has 150 valence electrons. The van der Waals surface area contributed by atoms with Crippen LogP contribution in [0.4, 0.5) is 0 Å². The summed E-state index contributed by atoms with van der Waals surface area (Å²) in [6.45, 7) is 0. The molecule has 0 aliphatic carbocycles. The van der Waals surface area contributed by atoms with E-state index in [9.17, 15) is 8.42 Å². The standard InChI is InChI=1S/C20H21N5O3S/c1-24(2)29(26,27)25-13-11-20(23-25,18-10-6-7-12-21-18)17-14-22-19(28-3)16-9-5-4-8-15(16)17/h4-14,23H,1-3H3. The lowest BCUT2D eigenvalue weighted by molar-refractivity contribution is 0.324. The van der Waals surface area contributed by atoms with Gasteiger partial charge in [0.1, 0.15) is 5.54 Å². The van der Waals surface area contributed by atoms with Gasteiger partial charge in [-0.2, -0.15) is 22.6 Å². The number of pyridine rings is 2. The van der Waals surface area contributed by atoms with Crippen LogP contribution in [-0.4, -0.2) is 48.3 Å². The van der Waals surface area contributed by atoms with Crippen molar-refractivity contribution >= 4 is 21.0 Å². The van der Waals surface area contributed by atoms with E-state index in [0.29, 0.717) is 11.6 Å². The number of nitrogens with zero attached hydrogens (tertiary/aromatic N) is 4. The first-order chi connectivity index (χ1) is 13.9. The Morgan fingerprint density at radius 1 is 1.07 bits per heavy atom. The molecular formula is C20H21N5O3S. The zero-order valence-electron chi connectivity index (χ0n) is 16.3. The molecule has 0 saturated heterocycles. The maximum Gasteiger partial charge on any atom is 0.316 e. The molecule has 0 radical (unpaired) electrons. The molecule has 0 bridgehead atoms. The maximum absolute atomic E-state index is 12.7. The summed E-state index contributed by atoms with van der Waals surface area (Å²) in [4.78, 5) is 8.97. The second-order valence-electron chi connectivity index (χ2n) is 6.76. The monoisotopic (exact) mass is 411 g/mol. The molecule has 29 heavy (non-hydrogen) atoms. The first kappa shape index (κ1) is 19.3. The lowest BCUT2D eigenvalue weighted by Gasteiger charge is -2.32. The van der Waals surface area contributed by atoms with E-state index in [0.717, 1.165) is 25.1 Å². The van der Waals surface area contributed by atoms with Gasteiger partial charge in [-0.15, -0.1) is 0 Å². The summed E-state index contributed by atoms with van der Waals surface area (Å²) in [5.74, 6) is 0.500. The number of nitrogens with one attached hydrogen (secondary N) is 1. The van der Waals surface area contributed by atoms with Crippen LogP contribution in [0.25, 0.3) is 10.8 Å². The molecule has 0 saturated carbocycles. The average molecular weight is 411 g/mol. The lowest BCUT2D eigenvalue weighted by Crippen LogP contribution is -2.50. The van der Waals surface area contributed by atoms with Crippen molar-refractivity contribution in [3.8, 4) is 5.88 Å². The third-order valence-corrected chi connectivity index (χ3v) is 6.54. The Kier molecular flexibility index (Phi) is 4.73. The Morgan fingerprint density at radius 3 is 2.45 bits per heavy atom. The van der Waals surface area contributed by atoms with Crippen molar-refractivity contribution in [2.45, 2.75) is 5.54 Å². The van der Waals surface area contributed by atoms with Crippen molar-refractivity contribution in [2.75, 3.05) is 21.2 Å². The number of hydrogen-bond donors (Lipinski definition) is 1. The summed E-state index contributed by atoms with van der Waals surface area (Å²) in [5.41, 5.74) is 3.52. The highest BCUT2D eigenvalue weighted by molar-refractivity contribution is 7.86. The van der Waals surface area contributed by atoms with Gasteiger partial charge in [0.05, 0.1) is 12.8 Å². The fourth-order valence-corrected chi connectivity index (χ4v) is 4.23. The molecule has 1 unspecified atom stereocenters. The SMILES string of the molecule is COc1ncc(C2(c3ccccn3)C=CN(S(=O)(=O)N(C)C)N2)c2ccccc12. The van der Waals surface area contributed by atoms with Crippen molar-refractivity contribution in [1.82, 2.24) is 24.1 Å². The highest BCUT2D eigenvalue weighted by atomic mass is 32.2. The summed E-state index contributed by atoms with van der Waals surface area (Å²) >= 11 is 0. The molecule has 3 aromatic rings. The molecular weight excluding hydrogens is 390 g/mol. The Labute approximate surface area is 169 Å². The fourth-order valence-electron chi connectivity index (χ4n) is 3.41. The zero-order valence-corrected chi connectivity index (χ0v) is 17.1. The molecule has 0 fully saturated rings. The minimum Gasteiger partial charge on any atom is -0.481 e. The summed E-state index contributed by atoms with van der Waals surface area (Å²) in [6, 6.07) is 13.2. The van der Waals surface area contributed by atoms with E-state index in [2.05, 4.69) is 15.4 Å². The highest BCUT2D eigenvalue weighted by Gasteiger charge is 2.43. The second-order valence-corrected chi connectivity index (χ2v) is 8.78. The van der Waals surface area contributed by atoms with Crippen molar-refractivity contribution in [2.24, 2.45) is 0 Å². The largest absolute Gasteiger partial charge is 0.481 e. The summed E-state index contributed by atoms with van der Waals surface area (Å²) in [5, 5.41) is 1.71. The molecule has 1 N–H and O–H groups in total. The van der Waals surface area contributed by atoms with E-state index < -0.39 is 15.7 Å². The van der Waals surface area contributed by atoms with Crippen LogP contribution in [0.2, 0.25) is 0 Å². The smallest absolute Gasteiger partial charge is 0.316 e. The van der Waals surface area contributed by atoms with Crippen molar-refractivity contribution in [3.63, 3.8) is 0 Å². The number of benzene rings is 1. The molecule has 1 aliphatic rings. The van der Waals surface area contributed by atoms with Crippen LogP contribution >= 0.6 is 0 Å². The van der Waals surface area contributed by atoms with Gasteiger partial charge in [-0.1, -0.05) is 24.3 Å². The normalized spacial score (nSPS) is 19.2. The highest BCUT2D eigenvalue weighted by Crippen LogP contribution is 2.39. The number of hydrazine groups is 1. The van der Waals surface area contributed by atoms with Gasteiger partial charge >= 0.3 is 10.2 Å². The summed E-state index contributed by atoms with van der Waals surface area (Å²) in [6.07, 6.45) is 6.66. The van der Waals surface area contributed by atoms with E-state index in [1.165, 1.54) is 20.3 Å². The van der Waals surface area contributed by atoms with Crippen molar-refractivity contribution in [3.05, 3.63) is 78.4 Å². The Morgan fingerprint density at radius 2 is 1.79 bits per heavy atom. The third-order valence-electron chi connectivity index (χ3n) is 4.90. The van der Waals surface area contributed by atoms with Crippen LogP contribution in [-0.2, 0) is 15.7 Å². The average Bonchev–Trinajstić information content (AvgIpc) is 3.20. The van der Waals surface area contributed by atoms with E-state index in [1.807, 2.05) is 42.5 Å². The minimum atomic E-state index is -3.73. The molecule has 8 nitrogen and oxygen atoms in total. The van der Waals surface area contributed by atoms with E-state index >= 15 is 0 Å². The molecule has 2 aromatic heterocycles. The maximum atomic E-state index is 12.7. The molecule has 0 spiro atoms. The predicted octanol–water partition coefficient (Wildman–Crippen LogP) is 2.02. The van der Waals surface area contributed by atoms with E-state index in [4.69, 9.17) is 4.74 Å². The molecule has 1 atom stereocenters. The topological polar surface area (TPSA) is 87.7 Å². The number of fused-ring (bicyclic) bond motifs is 1. The van der Waals surface area contributed by atoms with Gasteiger partial charge in [0.15, 0.2) is 0 Å². The third kappa shape index (κ3) is 3.03. The van der Waals surface area contributed by atoms with Gasteiger partial charge in [0.2, 0.25) is 5.88 Å². The van der Waals surface area contributed by atoms with Crippen LogP contribution in [0.1, 0.15) is 11.3 Å².